The van der Waals surface area contributed by atoms with Gasteiger partial charge in [0.1, 0.15) is 6.61 Å². The first-order valence-corrected chi connectivity index (χ1v) is 4.16. The molecule has 0 aliphatic heterocycles. The maximum absolute atomic E-state index is 10.9. The first-order valence-electron chi connectivity index (χ1n) is 4.16. The first kappa shape index (κ1) is 15.0. The minimum absolute atomic E-state index is 0. The lowest BCUT2D eigenvalue weighted by Gasteiger charge is -2.10. The van der Waals surface area contributed by atoms with Gasteiger partial charge in [0.05, 0.1) is 0 Å². The fourth-order valence-electron chi connectivity index (χ4n) is 0.760. The molecule has 3 nitrogen and oxygen atoms in total. The highest BCUT2D eigenvalue weighted by Gasteiger charge is 2.06. The number of hydrogen-bond donors (Lipinski definition) is 1. The fourth-order valence-corrected chi connectivity index (χ4v) is 0.760. The number of rotatable bonds is 5. The normalized spacial score (nSPS) is 11.3. The van der Waals surface area contributed by atoms with Crippen LogP contribution in [-0.2, 0) is 9.53 Å². The van der Waals surface area contributed by atoms with Crippen LogP contribution in [-0.4, -0.2) is 18.6 Å². The summed E-state index contributed by atoms with van der Waals surface area (Å²) in [5, 5.41) is 0. The van der Waals surface area contributed by atoms with Crippen molar-refractivity contribution in [3.63, 3.8) is 0 Å². The van der Waals surface area contributed by atoms with Gasteiger partial charge in [0.15, 0.2) is 0 Å². The molecule has 0 rings (SSSR count). The smallest absolute Gasteiger partial charge is 0.333 e. The molecule has 0 bridgehead atoms. The minimum atomic E-state index is -0.360. The van der Waals surface area contributed by atoms with Crippen LogP contribution in [0.5, 0.6) is 0 Å². The summed E-state index contributed by atoms with van der Waals surface area (Å²) in [7, 11) is 0. The predicted molar refractivity (Wildman–Crippen MR) is 55.9 cm³/mol. The second-order valence-corrected chi connectivity index (χ2v) is 2.93. The molecule has 0 saturated heterocycles. The van der Waals surface area contributed by atoms with Crippen LogP contribution in [0.4, 0.5) is 0 Å². The van der Waals surface area contributed by atoms with Crippen LogP contribution in [0, 0.1) is 0 Å². The molecular weight excluding hydrogens is 190 g/mol. The minimum Gasteiger partial charge on any atom is -0.461 e. The lowest BCUT2D eigenvalue weighted by molar-refractivity contribution is -0.139. The zero-order valence-electron chi connectivity index (χ0n) is 8.21. The van der Waals surface area contributed by atoms with E-state index in [1.165, 1.54) is 0 Å². The number of nitrogens with two attached hydrogens (primary N) is 1. The standard InChI is InChI=1S/C9H17NO2.ClH/c1-4-5-8(10)6-12-9(11)7(2)3;/h8H,2,4-6,10H2,1,3H3;1H. The largest absolute Gasteiger partial charge is 0.461 e. The van der Waals surface area contributed by atoms with E-state index < -0.39 is 0 Å². The van der Waals surface area contributed by atoms with Gasteiger partial charge in [-0.15, -0.1) is 12.4 Å². The Labute approximate surface area is 85.7 Å². The Balaban J connectivity index is 0. The van der Waals surface area contributed by atoms with E-state index >= 15 is 0 Å². The molecule has 0 spiro atoms. The molecule has 0 heterocycles. The summed E-state index contributed by atoms with van der Waals surface area (Å²) < 4.78 is 4.85. The molecule has 0 saturated carbocycles. The van der Waals surface area contributed by atoms with Crippen molar-refractivity contribution >= 4 is 18.4 Å². The van der Waals surface area contributed by atoms with Crippen molar-refractivity contribution in [2.75, 3.05) is 6.61 Å². The Morgan fingerprint density at radius 2 is 2.15 bits per heavy atom. The lowest BCUT2D eigenvalue weighted by atomic mass is 10.2. The summed E-state index contributed by atoms with van der Waals surface area (Å²) in [6.45, 7) is 7.42. The zero-order chi connectivity index (χ0) is 9.56. The monoisotopic (exact) mass is 207 g/mol. The summed E-state index contributed by atoms with van der Waals surface area (Å²) in [6, 6.07) is -0.0432. The van der Waals surface area contributed by atoms with E-state index in [-0.39, 0.29) is 24.4 Å². The quantitative estimate of drug-likeness (QED) is 0.551. The molecule has 0 aromatic carbocycles. The Morgan fingerprint density at radius 3 is 2.54 bits per heavy atom. The van der Waals surface area contributed by atoms with E-state index in [9.17, 15) is 4.79 Å². The third kappa shape index (κ3) is 7.81. The number of hydrogen-bond acceptors (Lipinski definition) is 3. The second-order valence-electron chi connectivity index (χ2n) is 2.93. The molecule has 0 fully saturated rings. The van der Waals surface area contributed by atoms with E-state index in [4.69, 9.17) is 10.5 Å². The van der Waals surface area contributed by atoms with Crippen LogP contribution in [0.3, 0.4) is 0 Å². The third-order valence-electron chi connectivity index (χ3n) is 1.44. The molecule has 1 unspecified atom stereocenters. The maximum Gasteiger partial charge on any atom is 0.333 e. The van der Waals surface area contributed by atoms with Crippen molar-refractivity contribution < 1.29 is 9.53 Å². The Hall–Kier alpha value is -0.540. The van der Waals surface area contributed by atoms with Gasteiger partial charge in [0.25, 0.3) is 0 Å². The van der Waals surface area contributed by atoms with Crippen LogP contribution in [0.25, 0.3) is 0 Å². The summed E-state index contributed by atoms with van der Waals surface area (Å²) in [5.74, 6) is -0.360. The second kappa shape index (κ2) is 8.08. The highest BCUT2D eigenvalue weighted by Crippen LogP contribution is 1.97. The van der Waals surface area contributed by atoms with Crippen molar-refractivity contribution in [2.45, 2.75) is 32.7 Å². The summed E-state index contributed by atoms with van der Waals surface area (Å²) in [6.07, 6.45) is 1.88. The van der Waals surface area contributed by atoms with Gasteiger partial charge in [-0.2, -0.15) is 0 Å². The lowest BCUT2D eigenvalue weighted by Crippen LogP contribution is -2.27. The Morgan fingerprint density at radius 1 is 1.62 bits per heavy atom. The molecule has 0 aliphatic carbocycles. The van der Waals surface area contributed by atoms with Gasteiger partial charge >= 0.3 is 5.97 Å². The van der Waals surface area contributed by atoms with Crippen LogP contribution in [0.2, 0.25) is 0 Å². The summed E-state index contributed by atoms with van der Waals surface area (Å²) in [5.41, 5.74) is 6.04. The molecule has 2 N–H and O–H groups in total. The molecule has 0 aromatic heterocycles. The Bertz CT molecular complexity index is 171. The highest BCUT2D eigenvalue weighted by molar-refractivity contribution is 5.86. The maximum atomic E-state index is 10.9. The average Bonchev–Trinajstić information content (AvgIpc) is 2.00. The van der Waals surface area contributed by atoms with Gasteiger partial charge in [-0.25, -0.2) is 4.79 Å². The molecule has 78 valence electrons. The average molecular weight is 208 g/mol. The zero-order valence-corrected chi connectivity index (χ0v) is 9.02. The molecule has 4 heteroatoms. The Kier molecular flexibility index (Phi) is 9.29. The molecule has 0 radical (unpaired) electrons. The van der Waals surface area contributed by atoms with E-state index in [1.54, 1.807) is 6.92 Å². The van der Waals surface area contributed by atoms with E-state index in [0.717, 1.165) is 12.8 Å². The van der Waals surface area contributed by atoms with Gasteiger partial charge < -0.3 is 10.5 Å². The summed E-state index contributed by atoms with van der Waals surface area (Å²) >= 11 is 0. The molecule has 0 aliphatic rings. The number of esters is 1. The topological polar surface area (TPSA) is 52.3 Å². The predicted octanol–water partition coefficient (Wildman–Crippen LogP) is 1.65. The third-order valence-corrected chi connectivity index (χ3v) is 1.44. The van der Waals surface area contributed by atoms with Crippen molar-refractivity contribution in [3.8, 4) is 0 Å². The van der Waals surface area contributed by atoms with Crippen LogP contribution >= 0.6 is 12.4 Å². The van der Waals surface area contributed by atoms with Crippen molar-refractivity contribution in [1.82, 2.24) is 0 Å². The molecular formula is C9H18ClNO2. The van der Waals surface area contributed by atoms with Gasteiger partial charge in [-0.3, -0.25) is 0 Å². The van der Waals surface area contributed by atoms with Crippen LogP contribution in [0.15, 0.2) is 12.2 Å². The molecule has 1 atom stereocenters. The van der Waals surface area contributed by atoms with E-state index in [2.05, 4.69) is 6.58 Å². The van der Waals surface area contributed by atoms with Crippen molar-refractivity contribution in [2.24, 2.45) is 5.73 Å². The summed E-state index contributed by atoms with van der Waals surface area (Å²) in [4.78, 5) is 10.9. The number of carbonyl (C=O) groups is 1. The van der Waals surface area contributed by atoms with Gasteiger partial charge in [0.2, 0.25) is 0 Å². The SMILES string of the molecule is C=C(C)C(=O)OCC(N)CCC.Cl. The van der Waals surface area contributed by atoms with Gasteiger partial charge in [0, 0.05) is 11.6 Å². The van der Waals surface area contributed by atoms with Gasteiger partial charge in [-0.1, -0.05) is 19.9 Å². The van der Waals surface area contributed by atoms with Crippen LogP contribution < -0.4 is 5.73 Å². The van der Waals surface area contributed by atoms with Crippen LogP contribution in [0.1, 0.15) is 26.7 Å². The van der Waals surface area contributed by atoms with Crippen molar-refractivity contribution in [3.05, 3.63) is 12.2 Å². The first-order chi connectivity index (χ1) is 5.57. The van der Waals surface area contributed by atoms with E-state index in [0.29, 0.717) is 12.2 Å². The fraction of sp³-hybridized carbons (Fsp3) is 0.667. The number of ether oxygens (including phenoxy) is 1. The number of halogens is 1. The highest BCUT2D eigenvalue weighted by atomic mass is 35.5. The van der Waals surface area contributed by atoms with Crippen molar-refractivity contribution in [1.29, 1.82) is 0 Å². The molecule has 0 amide bonds. The molecule has 13 heavy (non-hydrogen) atoms. The molecule has 0 aromatic rings. The number of carbonyl (C=O) groups excluding carboxylic acids is 1. The van der Waals surface area contributed by atoms with E-state index in [1.807, 2.05) is 6.92 Å². The van der Waals surface area contributed by atoms with Gasteiger partial charge in [-0.05, 0) is 13.3 Å².